The number of hydrogen-bond donors (Lipinski definition) is 1. The van der Waals surface area contributed by atoms with Crippen LogP contribution in [-0.4, -0.2) is 47.3 Å². The molecule has 2 amide bonds. The van der Waals surface area contributed by atoms with Crippen LogP contribution in [0.4, 0.5) is 0 Å². The largest absolute Gasteiger partial charge is 0.340 e. The zero-order valence-corrected chi connectivity index (χ0v) is 20.2. The highest BCUT2D eigenvalue weighted by molar-refractivity contribution is 5.98. The van der Waals surface area contributed by atoms with Gasteiger partial charge in [-0.25, -0.2) is 0 Å². The molecular formula is C30H33N3O2. The van der Waals surface area contributed by atoms with Crippen molar-refractivity contribution in [1.29, 1.82) is 0 Å². The van der Waals surface area contributed by atoms with E-state index in [1.54, 1.807) is 4.90 Å². The standard InChI is InChI=1S/C30H33N3O2/c1-21(31)24-13-8-14-25(17-24)29(34)33-20-27(23-11-6-3-7-12-23)18-28(33)30(35)32-16-15-26(19-32)22-9-4-2-5-10-22/h2-14,17,21,26-28H,15-16,18-20,31H2,1H3/t21-,26-,27-,28-/m0/s1. The molecule has 0 radical (unpaired) electrons. The molecule has 3 aromatic carbocycles. The minimum atomic E-state index is -0.457. The molecule has 2 saturated heterocycles. The summed E-state index contributed by atoms with van der Waals surface area (Å²) in [5, 5.41) is 0. The van der Waals surface area contributed by atoms with Gasteiger partial charge in [-0.05, 0) is 48.6 Å². The smallest absolute Gasteiger partial charge is 0.254 e. The topological polar surface area (TPSA) is 66.6 Å². The summed E-state index contributed by atoms with van der Waals surface area (Å²) in [6.07, 6.45) is 1.60. The molecule has 0 aromatic heterocycles. The molecule has 3 aromatic rings. The second-order valence-corrected chi connectivity index (χ2v) is 9.91. The van der Waals surface area contributed by atoms with Crippen molar-refractivity contribution < 1.29 is 9.59 Å². The van der Waals surface area contributed by atoms with Crippen molar-refractivity contribution >= 4 is 11.8 Å². The van der Waals surface area contributed by atoms with Crippen LogP contribution in [0.25, 0.3) is 0 Å². The van der Waals surface area contributed by atoms with Crippen LogP contribution in [0.5, 0.6) is 0 Å². The Morgan fingerprint density at radius 2 is 1.51 bits per heavy atom. The van der Waals surface area contributed by atoms with Crippen molar-refractivity contribution in [1.82, 2.24) is 9.80 Å². The summed E-state index contributed by atoms with van der Waals surface area (Å²) < 4.78 is 0. The molecule has 0 spiro atoms. The van der Waals surface area contributed by atoms with Crippen LogP contribution in [0.2, 0.25) is 0 Å². The fourth-order valence-electron chi connectivity index (χ4n) is 5.55. The first-order valence-electron chi connectivity index (χ1n) is 12.6. The van der Waals surface area contributed by atoms with E-state index in [0.29, 0.717) is 31.0 Å². The lowest BCUT2D eigenvalue weighted by Gasteiger charge is -2.28. The van der Waals surface area contributed by atoms with E-state index < -0.39 is 6.04 Å². The summed E-state index contributed by atoms with van der Waals surface area (Å²) >= 11 is 0. The number of amides is 2. The first kappa shape index (κ1) is 23.3. The Bertz CT molecular complexity index is 1180. The van der Waals surface area contributed by atoms with Crippen molar-refractivity contribution in [3.8, 4) is 0 Å². The molecule has 5 heteroatoms. The zero-order valence-electron chi connectivity index (χ0n) is 20.2. The lowest BCUT2D eigenvalue weighted by molar-refractivity contribution is -0.134. The van der Waals surface area contributed by atoms with Gasteiger partial charge in [0.1, 0.15) is 6.04 Å². The first-order valence-corrected chi connectivity index (χ1v) is 12.6. The summed E-state index contributed by atoms with van der Waals surface area (Å²) in [7, 11) is 0. The SMILES string of the molecule is C[C@H](N)c1cccc(C(=O)N2C[C@@H](c3ccccc3)C[C@H]2C(=O)N2CC[C@H](c3ccccc3)C2)c1. The van der Waals surface area contributed by atoms with Gasteiger partial charge >= 0.3 is 0 Å². The molecule has 4 atom stereocenters. The fourth-order valence-corrected chi connectivity index (χ4v) is 5.55. The van der Waals surface area contributed by atoms with Gasteiger partial charge in [0, 0.05) is 43.1 Å². The van der Waals surface area contributed by atoms with E-state index in [4.69, 9.17) is 5.73 Å². The molecule has 0 saturated carbocycles. The number of benzene rings is 3. The van der Waals surface area contributed by atoms with E-state index in [9.17, 15) is 9.59 Å². The highest BCUT2D eigenvalue weighted by Gasteiger charge is 2.43. The van der Waals surface area contributed by atoms with Gasteiger partial charge in [-0.15, -0.1) is 0 Å². The molecule has 2 aliphatic rings. The quantitative estimate of drug-likeness (QED) is 0.590. The molecule has 2 fully saturated rings. The van der Waals surface area contributed by atoms with Gasteiger partial charge in [0.15, 0.2) is 0 Å². The molecule has 2 aliphatic heterocycles. The Morgan fingerprint density at radius 1 is 0.857 bits per heavy atom. The molecule has 0 aliphatic carbocycles. The zero-order chi connectivity index (χ0) is 24.4. The van der Waals surface area contributed by atoms with Gasteiger partial charge in [-0.3, -0.25) is 9.59 Å². The average Bonchev–Trinajstić information content (AvgIpc) is 3.57. The maximum absolute atomic E-state index is 13.8. The number of hydrogen-bond acceptors (Lipinski definition) is 3. The van der Waals surface area contributed by atoms with Gasteiger partial charge in [0.2, 0.25) is 5.91 Å². The predicted molar refractivity (Wildman–Crippen MR) is 138 cm³/mol. The Balaban J connectivity index is 1.40. The van der Waals surface area contributed by atoms with Crippen molar-refractivity contribution in [3.63, 3.8) is 0 Å². The number of rotatable bonds is 5. The Morgan fingerprint density at radius 3 is 2.17 bits per heavy atom. The molecule has 180 valence electrons. The summed E-state index contributed by atoms with van der Waals surface area (Å²) in [6, 6.07) is 27.5. The van der Waals surface area contributed by atoms with E-state index in [2.05, 4.69) is 36.4 Å². The lowest BCUT2D eigenvalue weighted by Crippen LogP contribution is -2.47. The minimum Gasteiger partial charge on any atom is -0.340 e. The van der Waals surface area contributed by atoms with Crippen LogP contribution < -0.4 is 5.73 Å². The molecule has 0 bridgehead atoms. The van der Waals surface area contributed by atoms with Crippen LogP contribution in [-0.2, 0) is 4.79 Å². The number of likely N-dealkylation sites (tertiary alicyclic amines) is 2. The lowest BCUT2D eigenvalue weighted by atomic mass is 9.96. The van der Waals surface area contributed by atoms with Crippen LogP contribution >= 0.6 is 0 Å². The predicted octanol–water partition coefficient (Wildman–Crippen LogP) is 4.72. The summed E-state index contributed by atoms with van der Waals surface area (Å²) in [5.41, 5.74) is 10.0. The molecule has 0 unspecified atom stereocenters. The second-order valence-electron chi connectivity index (χ2n) is 9.91. The third kappa shape index (κ3) is 4.87. The van der Waals surface area contributed by atoms with Crippen molar-refractivity contribution in [2.45, 2.75) is 43.7 Å². The first-order chi connectivity index (χ1) is 17.0. The van der Waals surface area contributed by atoms with Gasteiger partial charge in [-0.1, -0.05) is 72.8 Å². The van der Waals surface area contributed by atoms with E-state index in [-0.39, 0.29) is 23.8 Å². The average molecular weight is 468 g/mol. The molecule has 2 heterocycles. The third-order valence-corrected chi connectivity index (χ3v) is 7.55. The van der Waals surface area contributed by atoms with Gasteiger partial charge < -0.3 is 15.5 Å². The fraction of sp³-hybridized carbons (Fsp3) is 0.333. The molecule has 35 heavy (non-hydrogen) atoms. The summed E-state index contributed by atoms with van der Waals surface area (Å²) in [5.74, 6) is 0.457. The van der Waals surface area contributed by atoms with E-state index in [0.717, 1.165) is 18.5 Å². The monoisotopic (exact) mass is 467 g/mol. The van der Waals surface area contributed by atoms with E-state index in [1.807, 2.05) is 60.4 Å². The number of nitrogens with zero attached hydrogens (tertiary/aromatic N) is 2. The van der Waals surface area contributed by atoms with Gasteiger partial charge in [-0.2, -0.15) is 0 Å². The van der Waals surface area contributed by atoms with Crippen LogP contribution in [0.3, 0.4) is 0 Å². The molecule has 5 nitrogen and oxygen atoms in total. The van der Waals surface area contributed by atoms with Crippen LogP contribution in [0, 0.1) is 0 Å². The molecular weight excluding hydrogens is 434 g/mol. The van der Waals surface area contributed by atoms with E-state index in [1.165, 1.54) is 11.1 Å². The second kappa shape index (κ2) is 10.0. The third-order valence-electron chi connectivity index (χ3n) is 7.55. The highest BCUT2D eigenvalue weighted by Crippen LogP contribution is 2.36. The Labute approximate surface area is 207 Å². The van der Waals surface area contributed by atoms with Crippen molar-refractivity contribution in [3.05, 3.63) is 107 Å². The van der Waals surface area contributed by atoms with Crippen LogP contribution in [0.15, 0.2) is 84.9 Å². The van der Waals surface area contributed by atoms with Crippen molar-refractivity contribution in [2.75, 3.05) is 19.6 Å². The number of carbonyl (C=O) groups is 2. The maximum atomic E-state index is 13.8. The minimum absolute atomic E-state index is 0.0681. The van der Waals surface area contributed by atoms with E-state index >= 15 is 0 Å². The van der Waals surface area contributed by atoms with Crippen molar-refractivity contribution in [2.24, 2.45) is 5.73 Å². The Hall–Kier alpha value is -3.44. The number of carbonyl (C=O) groups excluding carboxylic acids is 2. The molecule has 5 rings (SSSR count). The number of nitrogens with two attached hydrogens (primary N) is 1. The highest BCUT2D eigenvalue weighted by atomic mass is 16.2. The maximum Gasteiger partial charge on any atom is 0.254 e. The van der Waals surface area contributed by atoms with Crippen LogP contribution in [0.1, 0.15) is 64.7 Å². The summed E-state index contributed by atoms with van der Waals surface area (Å²) in [4.78, 5) is 31.3. The summed E-state index contributed by atoms with van der Waals surface area (Å²) in [6.45, 7) is 3.88. The molecule has 2 N–H and O–H groups in total. The normalized spacial score (nSPS) is 22.9. The van der Waals surface area contributed by atoms with Gasteiger partial charge in [0.25, 0.3) is 5.91 Å². The van der Waals surface area contributed by atoms with Gasteiger partial charge in [0.05, 0.1) is 0 Å². The Kier molecular flexibility index (Phi) is 6.69.